The van der Waals surface area contributed by atoms with Crippen molar-refractivity contribution in [3.63, 3.8) is 0 Å². The molecule has 0 aromatic heterocycles. The standard InChI is InChI=1S/C15H29NO2/c1-2-18-15-7-9-16(10-8-15)12-14(17)11-13-5-3-4-6-13/h13-15,17H,2-12H2,1H3. The molecule has 1 aliphatic heterocycles. The average Bonchev–Trinajstić information content (AvgIpc) is 2.84. The van der Waals surface area contributed by atoms with E-state index in [1.165, 1.54) is 25.7 Å². The first kappa shape index (κ1) is 14.3. The maximum atomic E-state index is 10.2. The second-order valence-corrected chi connectivity index (χ2v) is 6.00. The number of β-amino-alcohol motifs (C(OH)–C–C–N with tert-alkyl or cyclic N) is 1. The lowest BCUT2D eigenvalue weighted by atomic mass is 9.99. The van der Waals surface area contributed by atoms with Crippen molar-refractivity contribution in [1.82, 2.24) is 4.90 Å². The number of likely N-dealkylation sites (tertiary alicyclic amines) is 1. The summed E-state index contributed by atoms with van der Waals surface area (Å²) in [5, 5.41) is 10.2. The van der Waals surface area contributed by atoms with Gasteiger partial charge in [-0.2, -0.15) is 0 Å². The van der Waals surface area contributed by atoms with E-state index < -0.39 is 0 Å². The maximum Gasteiger partial charge on any atom is 0.0669 e. The Morgan fingerprint density at radius 1 is 1.17 bits per heavy atom. The maximum absolute atomic E-state index is 10.2. The minimum Gasteiger partial charge on any atom is -0.392 e. The molecular weight excluding hydrogens is 226 g/mol. The van der Waals surface area contributed by atoms with Crippen molar-refractivity contribution in [3.8, 4) is 0 Å². The number of piperidine rings is 1. The van der Waals surface area contributed by atoms with E-state index in [9.17, 15) is 5.11 Å². The van der Waals surface area contributed by atoms with Gasteiger partial charge >= 0.3 is 0 Å². The van der Waals surface area contributed by atoms with Crippen LogP contribution in [0.4, 0.5) is 0 Å². The van der Waals surface area contributed by atoms with E-state index in [-0.39, 0.29) is 6.10 Å². The molecule has 3 nitrogen and oxygen atoms in total. The van der Waals surface area contributed by atoms with Crippen molar-refractivity contribution in [2.75, 3.05) is 26.2 Å². The van der Waals surface area contributed by atoms with Crippen molar-refractivity contribution in [2.45, 2.75) is 64.1 Å². The molecule has 3 heteroatoms. The number of aliphatic hydroxyl groups is 1. The van der Waals surface area contributed by atoms with E-state index in [2.05, 4.69) is 11.8 Å². The van der Waals surface area contributed by atoms with E-state index in [1.54, 1.807) is 0 Å². The number of ether oxygens (including phenoxy) is 1. The molecule has 1 unspecified atom stereocenters. The SMILES string of the molecule is CCOC1CCN(CC(O)CC2CCCC2)CC1. The van der Waals surface area contributed by atoms with Crippen LogP contribution in [0.25, 0.3) is 0 Å². The minimum atomic E-state index is -0.114. The van der Waals surface area contributed by atoms with Gasteiger partial charge in [0, 0.05) is 26.2 Å². The molecule has 0 radical (unpaired) electrons. The van der Waals surface area contributed by atoms with Crippen LogP contribution in [0.5, 0.6) is 0 Å². The molecule has 2 fully saturated rings. The lowest BCUT2D eigenvalue weighted by Crippen LogP contribution is -2.41. The Bertz CT molecular complexity index is 221. The van der Waals surface area contributed by atoms with Crippen LogP contribution in [0.1, 0.15) is 51.9 Å². The summed E-state index contributed by atoms with van der Waals surface area (Å²) in [6.45, 7) is 5.95. The summed E-state index contributed by atoms with van der Waals surface area (Å²) in [6.07, 6.45) is 9.04. The summed E-state index contributed by atoms with van der Waals surface area (Å²) in [6, 6.07) is 0. The molecule has 1 aliphatic carbocycles. The van der Waals surface area contributed by atoms with E-state index in [1.807, 2.05) is 0 Å². The van der Waals surface area contributed by atoms with Gasteiger partial charge < -0.3 is 14.7 Å². The molecule has 0 aromatic carbocycles. The summed E-state index contributed by atoms with van der Waals surface area (Å²) in [5.41, 5.74) is 0. The molecule has 1 saturated carbocycles. The Balaban J connectivity index is 1.61. The van der Waals surface area contributed by atoms with Gasteiger partial charge in [0.2, 0.25) is 0 Å². The van der Waals surface area contributed by atoms with Crippen molar-refractivity contribution < 1.29 is 9.84 Å². The second kappa shape index (κ2) is 7.46. The van der Waals surface area contributed by atoms with Gasteiger partial charge in [-0.05, 0) is 32.1 Å². The van der Waals surface area contributed by atoms with Crippen molar-refractivity contribution >= 4 is 0 Å². The predicted molar refractivity (Wildman–Crippen MR) is 73.7 cm³/mol. The average molecular weight is 255 g/mol. The smallest absolute Gasteiger partial charge is 0.0669 e. The van der Waals surface area contributed by atoms with Crippen LogP contribution in [-0.2, 0) is 4.74 Å². The van der Waals surface area contributed by atoms with Crippen LogP contribution in [0.2, 0.25) is 0 Å². The van der Waals surface area contributed by atoms with Crippen molar-refractivity contribution in [3.05, 3.63) is 0 Å². The summed E-state index contributed by atoms with van der Waals surface area (Å²) >= 11 is 0. The molecule has 2 aliphatic rings. The molecule has 2 rings (SSSR count). The Hall–Kier alpha value is -0.120. The molecule has 1 N–H and O–H groups in total. The third-order valence-corrected chi connectivity index (χ3v) is 4.49. The first-order chi connectivity index (χ1) is 8.78. The predicted octanol–water partition coefficient (Wildman–Crippen LogP) is 2.43. The summed E-state index contributed by atoms with van der Waals surface area (Å²) in [7, 11) is 0. The first-order valence-corrected chi connectivity index (χ1v) is 7.80. The molecule has 0 bridgehead atoms. The molecule has 1 heterocycles. The molecular formula is C15H29NO2. The van der Waals surface area contributed by atoms with Gasteiger partial charge in [-0.3, -0.25) is 0 Å². The molecule has 1 atom stereocenters. The van der Waals surface area contributed by atoms with Gasteiger partial charge in [0.25, 0.3) is 0 Å². The van der Waals surface area contributed by atoms with Gasteiger partial charge in [-0.15, -0.1) is 0 Å². The zero-order valence-corrected chi connectivity index (χ0v) is 11.8. The van der Waals surface area contributed by atoms with Crippen LogP contribution >= 0.6 is 0 Å². The number of aliphatic hydroxyl groups excluding tert-OH is 1. The Kier molecular flexibility index (Phi) is 5.93. The third kappa shape index (κ3) is 4.52. The first-order valence-electron chi connectivity index (χ1n) is 7.80. The van der Waals surface area contributed by atoms with E-state index in [4.69, 9.17) is 4.74 Å². The molecule has 1 saturated heterocycles. The lowest BCUT2D eigenvalue weighted by molar-refractivity contribution is 0.00108. The highest BCUT2D eigenvalue weighted by Gasteiger charge is 2.23. The van der Waals surface area contributed by atoms with Gasteiger partial charge in [-0.25, -0.2) is 0 Å². The Morgan fingerprint density at radius 2 is 1.83 bits per heavy atom. The summed E-state index contributed by atoms with van der Waals surface area (Å²) in [5.74, 6) is 0.793. The van der Waals surface area contributed by atoms with Crippen LogP contribution < -0.4 is 0 Å². The van der Waals surface area contributed by atoms with Gasteiger partial charge in [-0.1, -0.05) is 25.7 Å². The topological polar surface area (TPSA) is 32.7 Å². The highest BCUT2D eigenvalue weighted by atomic mass is 16.5. The largest absolute Gasteiger partial charge is 0.392 e. The van der Waals surface area contributed by atoms with Crippen molar-refractivity contribution in [1.29, 1.82) is 0 Å². The summed E-state index contributed by atoms with van der Waals surface area (Å²) < 4.78 is 5.65. The molecule has 106 valence electrons. The minimum absolute atomic E-state index is 0.114. The van der Waals surface area contributed by atoms with Crippen molar-refractivity contribution in [2.24, 2.45) is 5.92 Å². The normalized spacial score (nSPS) is 25.7. The van der Waals surface area contributed by atoms with Gasteiger partial charge in [0.15, 0.2) is 0 Å². The van der Waals surface area contributed by atoms with E-state index >= 15 is 0 Å². The number of rotatable bonds is 6. The fourth-order valence-electron chi connectivity index (χ4n) is 3.50. The molecule has 0 spiro atoms. The molecule has 18 heavy (non-hydrogen) atoms. The quantitative estimate of drug-likeness (QED) is 0.791. The van der Waals surface area contributed by atoms with E-state index in [0.717, 1.165) is 51.4 Å². The van der Waals surface area contributed by atoms with Crippen LogP contribution in [0.3, 0.4) is 0 Å². The van der Waals surface area contributed by atoms with Crippen LogP contribution in [0, 0.1) is 5.92 Å². The third-order valence-electron chi connectivity index (χ3n) is 4.49. The van der Waals surface area contributed by atoms with E-state index in [0.29, 0.717) is 6.10 Å². The molecule has 0 aromatic rings. The number of hydrogen-bond acceptors (Lipinski definition) is 3. The number of hydrogen-bond donors (Lipinski definition) is 1. The Morgan fingerprint density at radius 3 is 2.44 bits per heavy atom. The fourth-order valence-corrected chi connectivity index (χ4v) is 3.50. The monoisotopic (exact) mass is 255 g/mol. The zero-order chi connectivity index (χ0) is 12.8. The van der Waals surface area contributed by atoms with Gasteiger partial charge in [0.1, 0.15) is 0 Å². The second-order valence-electron chi connectivity index (χ2n) is 6.00. The Labute approximate surface area is 112 Å². The van der Waals surface area contributed by atoms with Crippen LogP contribution in [-0.4, -0.2) is 48.5 Å². The van der Waals surface area contributed by atoms with Gasteiger partial charge in [0.05, 0.1) is 12.2 Å². The summed E-state index contributed by atoms with van der Waals surface area (Å²) in [4.78, 5) is 2.41. The molecule has 0 amide bonds. The number of nitrogens with zero attached hydrogens (tertiary/aromatic N) is 1. The van der Waals surface area contributed by atoms with Crippen LogP contribution in [0.15, 0.2) is 0 Å². The highest BCUT2D eigenvalue weighted by Crippen LogP contribution is 2.28. The lowest BCUT2D eigenvalue weighted by Gasteiger charge is -2.33. The highest BCUT2D eigenvalue weighted by molar-refractivity contribution is 4.77. The fraction of sp³-hybridized carbons (Fsp3) is 1.00. The zero-order valence-electron chi connectivity index (χ0n) is 11.8.